The van der Waals surface area contributed by atoms with Crippen molar-refractivity contribution in [1.29, 1.82) is 0 Å². The highest BCUT2D eigenvalue weighted by molar-refractivity contribution is 14.1. The van der Waals surface area contributed by atoms with Gasteiger partial charge in [0.15, 0.2) is 0 Å². The molecule has 0 bridgehead atoms. The van der Waals surface area contributed by atoms with E-state index in [2.05, 4.69) is 33.2 Å². The maximum Gasteiger partial charge on any atom is 0.319 e. The third kappa shape index (κ3) is 4.12. The summed E-state index contributed by atoms with van der Waals surface area (Å²) in [6, 6.07) is 15.0. The van der Waals surface area contributed by atoms with Gasteiger partial charge in [-0.1, -0.05) is 24.3 Å². The molecule has 0 heterocycles. The van der Waals surface area contributed by atoms with Crippen molar-refractivity contribution in [3.8, 4) is 5.75 Å². The summed E-state index contributed by atoms with van der Waals surface area (Å²) in [5.74, 6) is 0.803. The van der Waals surface area contributed by atoms with Crippen LogP contribution in [0.3, 0.4) is 0 Å². The van der Waals surface area contributed by atoms with E-state index in [0.717, 1.165) is 20.6 Å². The van der Waals surface area contributed by atoms with Crippen LogP contribution in [0.1, 0.15) is 5.56 Å². The van der Waals surface area contributed by atoms with Crippen LogP contribution in [0.4, 0.5) is 10.5 Å². The third-order valence-electron chi connectivity index (χ3n) is 2.73. The quantitative estimate of drug-likeness (QED) is 0.794. The van der Waals surface area contributed by atoms with Gasteiger partial charge in [-0.3, -0.25) is 0 Å². The third-order valence-corrected chi connectivity index (χ3v) is 3.67. The van der Waals surface area contributed by atoms with E-state index in [-0.39, 0.29) is 6.03 Å². The van der Waals surface area contributed by atoms with Crippen molar-refractivity contribution in [3.05, 3.63) is 57.7 Å². The molecule has 0 aromatic heterocycles. The summed E-state index contributed by atoms with van der Waals surface area (Å²) >= 11 is 2.19. The normalized spacial score (nSPS) is 9.90. The van der Waals surface area contributed by atoms with Crippen molar-refractivity contribution in [2.45, 2.75) is 6.54 Å². The van der Waals surface area contributed by atoms with Crippen LogP contribution in [-0.4, -0.2) is 13.1 Å². The summed E-state index contributed by atoms with van der Waals surface area (Å²) in [7, 11) is 1.63. The number of methoxy groups -OCH3 is 1. The van der Waals surface area contributed by atoms with Crippen LogP contribution in [0.15, 0.2) is 48.5 Å². The Labute approximate surface area is 131 Å². The van der Waals surface area contributed by atoms with E-state index in [4.69, 9.17) is 4.74 Å². The van der Waals surface area contributed by atoms with E-state index in [9.17, 15) is 4.79 Å². The lowest BCUT2D eigenvalue weighted by atomic mass is 10.2. The van der Waals surface area contributed by atoms with E-state index < -0.39 is 0 Å². The first-order valence-corrected chi connectivity index (χ1v) is 7.19. The van der Waals surface area contributed by atoms with Gasteiger partial charge in [0.2, 0.25) is 0 Å². The Morgan fingerprint density at radius 1 is 1.15 bits per heavy atom. The number of amides is 2. The maximum absolute atomic E-state index is 11.8. The highest BCUT2D eigenvalue weighted by atomic mass is 127. The molecule has 2 aromatic carbocycles. The second-order valence-electron chi connectivity index (χ2n) is 4.14. The minimum atomic E-state index is -0.218. The maximum atomic E-state index is 11.8. The fourth-order valence-electron chi connectivity index (χ4n) is 1.65. The molecule has 0 saturated carbocycles. The van der Waals surface area contributed by atoms with Gasteiger partial charge in [-0.2, -0.15) is 0 Å². The Bertz CT molecular complexity index is 585. The van der Waals surface area contributed by atoms with Crippen molar-refractivity contribution in [1.82, 2.24) is 5.32 Å². The molecule has 104 valence electrons. The van der Waals surface area contributed by atoms with Crippen molar-refractivity contribution in [2.24, 2.45) is 0 Å². The van der Waals surface area contributed by atoms with Gasteiger partial charge < -0.3 is 15.4 Å². The number of para-hydroxylation sites is 1. The molecule has 4 nitrogen and oxygen atoms in total. The summed E-state index contributed by atoms with van der Waals surface area (Å²) < 4.78 is 6.09. The topological polar surface area (TPSA) is 50.4 Å². The van der Waals surface area contributed by atoms with Gasteiger partial charge in [-0.15, -0.1) is 0 Å². The predicted octanol–water partition coefficient (Wildman–Crippen LogP) is 3.62. The van der Waals surface area contributed by atoms with E-state index in [1.165, 1.54) is 0 Å². The molecule has 20 heavy (non-hydrogen) atoms. The zero-order chi connectivity index (χ0) is 14.4. The first kappa shape index (κ1) is 14.6. The average molecular weight is 382 g/mol. The second kappa shape index (κ2) is 7.14. The molecule has 2 amide bonds. The van der Waals surface area contributed by atoms with E-state index in [1.54, 1.807) is 7.11 Å². The minimum absolute atomic E-state index is 0.218. The number of carbonyl (C=O) groups excluding carboxylic acids is 1. The zero-order valence-electron chi connectivity index (χ0n) is 11.0. The number of carbonyl (C=O) groups is 1. The van der Waals surface area contributed by atoms with Crippen LogP contribution in [0, 0.1) is 3.57 Å². The lowest BCUT2D eigenvalue weighted by molar-refractivity contribution is 0.251. The monoisotopic (exact) mass is 382 g/mol. The number of nitrogens with one attached hydrogen (secondary N) is 2. The van der Waals surface area contributed by atoms with Gasteiger partial charge in [0.05, 0.1) is 12.8 Å². The molecule has 5 heteroatoms. The van der Waals surface area contributed by atoms with Crippen LogP contribution in [0.25, 0.3) is 0 Å². The Hall–Kier alpha value is -1.76. The largest absolute Gasteiger partial charge is 0.497 e. The Morgan fingerprint density at radius 3 is 2.50 bits per heavy atom. The minimum Gasteiger partial charge on any atom is -0.497 e. The molecule has 0 aliphatic heterocycles. The lowest BCUT2D eigenvalue weighted by Crippen LogP contribution is -2.28. The van der Waals surface area contributed by atoms with Crippen LogP contribution in [-0.2, 0) is 6.54 Å². The first-order valence-electron chi connectivity index (χ1n) is 6.11. The summed E-state index contributed by atoms with van der Waals surface area (Å²) in [4.78, 5) is 11.8. The number of benzene rings is 2. The van der Waals surface area contributed by atoms with Crippen LogP contribution >= 0.6 is 22.6 Å². The summed E-state index contributed by atoms with van der Waals surface area (Å²) in [6.45, 7) is 0.471. The van der Waals surface area contributed by atoms with Crippen molar-refractivity contribution >= 4 is 34.3 Å². The summed E-state index contributed by atoms with van der Waals surface area (Å²) in [5.41, 5.74) is 1.82. The van der Waals surface area contributed by atoms with Crippen LogP contribution in [0.2, 0.25) is 0 Å². The smallest absolute Gasteiger partial charge is 0.319 e. The van der Waals surface area contributed by atoms with E-state index in [1.807, 2.05) is 48.5 Å². The highest BCUT2D eigenvalue weighted by Crippen LogP contribution is 2.16. The van der Waals surface area contributed by atoms with Gasteiger partial charge in [-0.25, -0.2) is 4.79 Å². The molecular weight excluding hydrogens is 367 g/mol. The number of rotatable bonds is 4. The predicted molar refractivity (Wildman–Crippen MR) is 88.0 cm³/mol. The fraction of sp³-hybridized carbons (Fsp3) is 0.133. The molecule has 0 saturated heterocycles. The van der Waals surface area contributed by atoms with E-state index >= 15 is 0 Å². The molecule has 0 aliphatic carbocycles. The molecule has 0 atom stereocenters. The van der Waals surface area contributed by atoms with Gasteiger partial charge in [0, 0.05) is 10.1 Å². The van der Waals surface area contributed by atoms with Crippen molar-refractivity contribution in [2.75, 3.05) is 12.4 Å². The number of hydrogen-bond donors (Lipinski definition) is 2. The molecule has 0 spiro atoms. The van der Waals surface area contributed by atoms with Crippen molar-refractivity contribution < 1.29 is 9.53 Å². The lowest BCUT2D eigenvalue weighted by Gasteiger charge is -2.09. The van der Waals surface area contributed by atoms with Gasteiger partial charge in [0.1, 0.15) is 5.75 Å². The number of urea groups is 1. The van der Waals surface area contributed by atoms with Crippen LogP contribution in [0.5, 0.6) is 5.75 Å². The fourth-order valence-corrected chi connectivity index (χ4v) is 2.18. The molecule has 2 rings (SSSR count). The molecule has 2 N–H and O–H groups in total. The number of anilines is 1. The standard InChI is InChI=1S/C15H15IN2O2/c1-20-12-8-6-11(7-9-12)10-17-15(19)18-14-5-3-2-4-13(14)16/h2-9H,10H2,1H3,(H2,17,18,19). The van der Waals surface area contributed by atoms with Crippen LogP contribution < -0.4 is 15.4 Å². The molecule has 2 aromatic rings. The number of halogens is 1. The Balaban J connectivity index is 1.87. The SMILES string of the molecule is COc1ccc(CNC(=O)Nc2ccccc2I)cc1. The molecule has 0 radical (unpaired) electrons. The Kier molecular flexibility index (Phi) is 5.23. The molecule has 0 unspecified atom stereocenters. The Morgan fingerprint density at radius 2 is 1.85 bits per heavy atom. The van der Waals surface area contributed by atoms with Gasteiger partial charge >= 0.3 is 6.03 Å². The molecule has 0 aliphatic rings. The summed E-state index contributed by atoms with van der Waals surface area (Å²) in [6.07, 6.45) is 0. The highest BCUT2D eigenvalue weighted by Gasteiger charge is 2.04. The van der Waals surface area contributed by atoms with E-state index in [0.29, 0.717) is 6.54 Å². The molecular formula is C15H15IN2O2. The average Bonchev–Trinajstić information content (AvgIpc) is 2.48. The number of ether oxygens (including phenoxy) is 1. The second-order valence-corrected chi connectivity index (χ2v) is 5.30. The zero-order valence-corrected chi connectivity index (χ0v) is 13.2. The first-order chi connectivity index (χ1) is 9.69. The summed E-state index contributed by atoms with van der Waals surface area (Å²) in [5, 5.41) is 5.64. The molecule has 0 fully saturated rings. The van der Waals surface area contributed by atoms with Gasteiger partial charge in [-0.05, 0) is 52.4 Å². The van der Waals surface area contributed by atoms with Crippen molar-refractivity contribution in [3.63, 3.8) is 0 Å². The van der Waals surface area contributed by atoms with Gasteiger partial charge in [0.25, 0.3) is 0 Å². The number of hydrogen-bond acceptors (Lipinski definition) is 2.